The maximum Gasteiger partial charge on any atom is 0.333 e. The van der Waals surface area contributed by atoms with E-state index in [4.69, 9.17) is 15.3 Å². The molecular formula is C14H14O5. The molecule has 2 aromatic rings. The lowest BCUT2D eigenvalue weighted by Crippen LogP contribution is -2.22. The Hall–Kier alpha value is -2.40. The highest BCUT2D eigenvalue weighted by Crippen LogP contribution is 2.11. The highest BCUT2D eigenvalue weighted by molar-refractivity contribution is 5.82. The van der Waals surface area contributed by atoms with Gasteiger partial charge in [0.2, 0.25) is 0 Å². The van der Waals surface area contributed by atoms with Crippen molar-refractivity contribution in [2.75, 3.05) is 0 Å². The van der Waals surface area contributed by atoms with Gasteiger partial charge in [-0.15, -0.1) is 0 Å². The van der Waals surface area contributed by atoms with Crippen LogP contribution in [0.3, 0.4) is 0 Å². The van der Waals surface area contributed by atoms with Crippen LogP contribution in [-0.4, -0.2) is 33.4 Å². The number of rotatable bonds is 3. The van der Waals surface area contributed by atoms with Crippen molar-refractivity contribution in [2.45, 2.75) is 12.5 Å². The normalized spacial score (nSPS) is 11.2. The Balaban J connectivity index is 0.000000192. The van der Waals surface area contributed by atoms with Gasteiger partial charge < -0.3 is 15.3 Å². The molecule has 0 saturated carbocycles. The van der Waals surface area contributed by atoms with Gasteiger partial charge in [0.1, 0.15) is 0 Å². The number of aliphatic hydroxyl groups is 1. The molecule has 1 atom stereocenters. The van der Waals surface area contributed by atoms with Gasteiger partial charge in [-0.05, 0) is 10.8 Å². The van der Waals surface area contributed by atoms with E-state index in [9.17, 15) is 9.59 Å². The van der Waals surface area contributed by atoms with Crippen molar-refractivity contribution in [3.63, 3.8) is 0 Å². The molecule has 0 spiro atoms. The molecular weight excluding hydrogens is 248 g/mol. The van der Waals surface area contributed by atoms with Crippen molar-refractivity contribution >= 4 is 22.7 Å². The first-order valence-electron chi connectivity index (χ1n) is 5.57. The zero-order chi connectivity index (χ0) is 14.3. The lowest BCUT2D eigenvalue weighted by Gasteiger charge is -1.97. The summed E-state index contributed by atoms with van der Waals surface area (Å²) in [5.41, 5.74) is 0. The largest absolute Gasteiger partial charge is 0.481 e. The van der Waals surface area contributed by atoms with E-state index in [1.807, 2.05) is 0 Å². The van der Waals surface area contributed by atoms with E-state index in [1.54, 1.807) is 0 Å². The zero-order valence-electron chi connectivity index (χ0n) is 10.1. The molecule has 100 valence electrons. The molecule has 2 rings (SSSR count). The SMILES string of the molecule is O=C(O)CC(O)C(=O)O.c1ccc2ccccc2c1. The van der Waals surface area contributed by atoms with E-state index >= 15 is 0 Å². The number of hydrogen-bond acceptors (Lipinski definition) is 3. The lowest BCUT2D eigenvalue weighted by atomic mass is 10.1. The van der Waals surface area contributed by atoms with Gasteiger partial charge >= 0.3 is 11.9 Å². The predicted octanol–water partition coefficient (Wildman–Crippen LogP) is 1.75. The maximum absolute atomic E-state index is 9.72. The van der Waals surface area contributed by atoms with E-state index in [-0.39, 0.29) is 0 Å². The number of fused-ring (bicyclic) bond motifs is 1. The van der Waals surface area contributed by atoms with Crippen LogP contribution in [0.5, 0.6) is 0 Å². The third-order valence-corrected chi connectivity index (χ3v) is 2.31. The highest BCUT2D eigenvalue weighted by atomic mass is 16.4. The molecule has 0 fully saturated rings. The van der Waals surface area contributed by atoms with Crippen molar-refractivity contribution in [1.29, 1.82) is 0 Å². The van der Waals surface area contributed by atoms with Crippen molar-refractivity contribution in [3.8, 4) is 0 Å². The number of carbonyl (C=O) groups is 2. The van der Waals surface area contributed by atoms with Gasteiger partial charge in [0, 0.05) is 0 Å². The first kappa shape index (κ1) is 14.7. The Morgan fingerprint density at radius 2 is 1.26 bits per heavy atom. The number of aliphatic hydroxyl groups excluding tert-OH is 1. The van der Waals surface area contributed by atoms with Crippen molar-refractivity contribution in [3.05, 3.63) is 48.5 Å². The van der Waals surface area contributed by atoms with E-state index in [0.717, 1.165) is 0 Å². The minimum absolute atomic E-state index is 0.755. The number of carboxylic acid groups (broad SMARTS) is 2. The summed E-state index contributed by atoms with van der Waals surface area (Å²) in [7, 11) is 0. The lowest BCUT2D eigenvalue weighted by molar-refractivity contribution is -0.152. The average molecular weight is 262 g/mol. The highest BCUT2D eigenvalue weighted by Gasteiger charge is 2.16. The van der Waals surface area contributed by atoms with Crippen LogP contribution in [0.25, 0.3) is 10.8 Å². The molecule has 3 N–H and O–H groups in total. The Labute approximate surface area is 109 Å². The van der Waals surface area contributed by atoms with Crippen LogP contribution < -0.4 is 0 Å². The fourth-order valence-electron chi connectivity index (χ4n) is 1.39. The Bertz CT molecular complexity index is 499. The van der Waals surface area contributed by atoms with Gasteiger partial charge in [-0.1, -0.05) is 48.5 Å². The molecule has 0 amide bonds. The van der Waals surface area contributed by atoms with E-state index in [0.29, 0.717) is 0 Å². The minimum atomic E-state index is -1.79. The van der Waals surface area contributed by atoms with Crippen LogP contribution in [0, 0.1) is 0 Å². The van der Waals surface area contributed by atoms with Gasteiger partial charge in [0.25, 0.3) is 0 Å². The Kier molecular flexibility index (Phi) is 5.50. The molecule has 1 unspecified atom stereocenters. The van der Waals surface area contributed by atoms with Crippen LogP contribution in [-0.2, 0) is 9.59 Å². The predicted molar refractivity (Wildman–Crippen MR) is 69.8 cm³/mol. The molecule has 0 bridgehead atoms. The second-order valence-electron chi connectivity index (χ2n) is 3.80. The number of hydrogen-bond donors (Lipinski definition) is 3. The molecule has 5 nitrogen and oxygen atoms in total. The summed E-state index contributed by atoms with van der Waals surface area (Å²) in [5.74, 6) is -2.85. The standard InChI is InChI=1S/C10H8.C4H6O5/c1-2-6-10-8-4-3-7-9(10)5-1;5-2(4(8)9)1-3(6)7/h1-8H;2,5H,1H2,(H,6,7)(H,8,9). The summed E-state index contributed by atoms with van der Waals surface area (Å²) in [6.07, 6.45) is -2.54. The van der Waals surface area contributed by atoms with Crippen LogP contribution in [0.1, 0.15) is 6.42 Å². The van der Waals surface area contributed by atoms with Crippen molar-refractivity contribution < 1.29 is 24.9 Å². The first-order valence-corrected chi connectivity index (χ1v) is 5.57. The van der Waals surface area contributed by atoms with Crippen LogP contribution in [0.2, 0.25) is 0 Å². The van der Waals surface area contributed by atoms with Crippen LogP contribution in [0.15, 0.2) is 48.5 Å². The maximum atomic E-state index is 9.72. The van der Waals surface area contributed by atoms with Gasteiger partial charge in [0.05, 0.1) is 6.42 Å². The molecule has 0 heterocycles. The fraction of sp³-hybridized carbons (Fsp3) is 0.143. The zero-order valence-corrected chi connectivity index (χ0v) is 10.1. The van der Waals surface area contributed by atoms with Gasteiger partial charge in [0.15, 0.2) is 6.10 Å². The quantitative estimate of drug-likeness (QED) is 0.783. The summed E-state index contributed by atoms with van der Waals surface area (Å²) in [5, 5.41) is 26.8. The average Bonchev–Trinajstić information content (AvgIpc) is 2.39. The number of carboxylic acids is 2. The smallest absolute Gasteiger partial charge is 0.333 e. The number of aliphatic carboxylic acids is 2. The first-order chi connectivity index (χ1) is 9.00. The summed E-state index contributed by atoms with van der Waals surface area (Å²) < 4.78 is 0. The Morgan fingerprint density at radius 3 is 1.47 bits per heavy atom. The minimum Gasteiger partial charge on any atom is -0.481 e. The molecule has 0 saturated heterocycles. The summed E-state index contributed by atoms with van der Waals surface area (Å²) in [4.78, 5) is 19.4. The van der Waals surface area contributed by atoms with Gasteiger partial charge in [-0.3, -0.25) is 4.79 Å². The second-order valence-corrected chi connectivity index (χ2v) is 3.80. The van der Waals surface area contributed by atoms with Crippen molar-refractivity contribution in [1.82, 2.24) is 0 Å². The monoisotopic (exact) mass is 262 g/mol. The van der Waals surface area contributed by atoms with E-state index in [1.165, 1.54) is 10.8 Å². The summed E-state index contributed by atoms with van der Waals surface area (Å²) in [6, 6.07) is 16.7. The van der Waals surface area contributed by atoms with Crippen molar-refractivity contribution in [2.24, 2.45) is 0 Å². The summed E-state index contributed by atoms with van der Waals surface area (Å²) >= 11 is 0. The molecule has 0 aliphatic rings. The molecule has 0 aliphatic carbocycles. The molecule has 2 aromatic carbocycles. The summed E-state index contributed by atoms with van der Waals surface area (Å²) in [6.45, 7) is 0. The topological polar surface area (TPSA) is 94.8 Å². The van der Waals surface area contributed by atoms with E-state index < -0.39 is 24.5 Å². The van der Waals surface area contributed by atoms with Crippen LogP contribution in [0.4, 0.5) is 0 Å². The molecule has 0 radical (unpaired) electrons. The number of benzene rings is 2. The third-order valence-electron chi connectivity index (χ3n) is 2.31. The fourth-order valence-corrected chi connectivity index (χ4v) is 1.39. The molecule has 5 heteroatoms. The molecule has 0 aliphatic heterocycles. The molecule has 0 aromatic heterocycles. The third kappa shape index (κ3) is 5.18. The van der Waals surface area contributed by atoms with Gasteiger partial charge in [-0.25, -0.2) is 4.79 Å². The van der Waals surface area contributed by atoms with Gasteiger partial charge in [-0.2, -0.15) is 0 Å². The van der Waals surface area contributed by atoms with E-state index in [2.05, 4.69) is 48.5 Å². The van der Waals surface area contributed by atoms with Crippen LogP contribution >= 0.6 is 0 Å². The Morgan fingerprint density at radius 1 is 0.895 bits per heavy atom. The molecule has 19 heavy (non-hydrogen) atoms. The second kappa shape index (κ2) is 7.13.